The summed E-state index contributed by atoms with van der Waals surface area (Å²) < 4.78 is 28.5. The van der Waals surface area contributed by atoms with Crippen LogP contribution in [0.5, 0.6) is 0 Å². The molecule has 0 amide bonds. The van der Waals surface area contributed by atoms with Crippen molar-refractivity contribution < 1.29 is 23.5 Å². The average Bonchev–Trinajstić information content (AvgIpc) is 2.77. The van der Waals surface area contributed by atoms with Crippen LogP contribution in [0, 0.1) is 17.0 Å². The van der Waals surface area contributed by atoms with Crippen LogP contribution < -0.4 is 17.0 Å². The summed E-state index contributed by atoms with van der Waals surface area (Å²) in [4.78, 5) is 37.2. The van der Waals surface area contributed by atoms with Crippen LogP contribution in [-0.2, 0) is 11.2 Å². The van der Waals surface area contributed by atoms with Crippen LogP contribution in [-0.4, -0.2) is 27.0 Å². The second kappa shape index (κ2) is 9.42. The lowest BCUT2D eigenvalue weighted by Gasteiger charge is -2.37. The molecule has 0 aliphatic carbocycles. The van der Waals surface area contributed by atoms with Gasteiger partial charge in [0, 0.05) is 12.1 Å². The van der Waals surface area contributed by atoms with E-state index in [1.54, 1.807) is 45.0 Å². The third-order valence-electron chi connectivity index (χ3n) is 6.27. The minimum absolute atomic E-state index is 0.112. The molecule has 7 nitrogen and oxygen atoms in total. The van der Waals surface area contributed by atoms with E-state index in [1.807, 2.05) is 0 Å². The number of carboxylic acids is 1. The van der Waals surface area contributed by atoms with E-state index in [-0.39, 0.29) is 23.4 Å². The van der Waals surface area contributed by atoms with Crippen LogP contribution in [0.2, 0.25) is 0 Å². The number of anilines is 1. The fourth-order valence-electron chi connectivity index (χ4n) is 3.79. The molecule has 1 atom stereocenters. The summed E-state index contributed by atoms with van der Waals surface area (Å²) in [6.45, 7) is 5.31. The zero-order valence-corrected chi connectivity index (χ0v) is 19.6. The first-order valence-electron chi connectivity index (χ1n) is 10.9. The summed E-state index contributed by atoms with van der Waals surface area (Å²) in [6, 6.07) is 11.5. The first kappa shape index (κ1) is 25.8. The molecule has 1 aromatic heterocycles. The van der Waals surface area contributed by atoms with E-state index in [0.29, 0.717) is 18.2 Å². The Labute approximate surface area is 201 Å². The van der Waals surface area contributed by atoms with Gasteiger partial charge in [0.2, 0.25) is 0 Å². The number of nitrogen functional groups attached to an aromatic ring is 1. The smallest absolute Gasteiger partial charge is 0.324 e. The molecule has 0 bridgehead atoms. The van der Waals surface area contributed by atoms with E-state index in [1.165, 1.54) is 6.07 Å². The molecule has 0 unspecified atom stereocenters. The van der Waals surface area contributed by atoms with Gasteiger partial charge >= 0.3 is 5.97 Å². The number of nitrogens with two attached hydrogens (primary N) is 2. The monoisotopic (exact) mass is 483 g/mol. The molecule has 3 aromatic rings. The van der Waals surface area contributed by atoms with Crippen molar-refractivity contribution in [2.75, 3.05) is 5.73 Å². The van der Waals surface area contributed by atoms with Crippen molar-refractivity contribution in [2.24, 2.45) is 11.1 Å². The molecule has 0 saturated carbocycles. The van der Waals surface area contributed by atoms with Crippen LogP contribution in [0.25, 0.3) is 5.69 Å². The van der Waals surface area contributed by atoms with E-state index in [2.05, 4.69) is 0 Å². The predicted octanol–water partition coefficient (Wildman–Crippen LogP) is 3.69. The van der Waals surface area contributed by atoms with Crippen molar-refractivity contribution in [1.29, 1.82) is 0 Å². The number of hydrogen-bond acceptors (Lipinski definition) is 5. The van der Waals surface area contributed by atoms with Gasteiger partial charge in [-0.1, -0.05) is 32.9 Å². The zero-order chi connectivity index (χ0) is 26.1. The molecule has 184 valence electrons. The molecule has 3 rings (SSSR count). The molecule has 1 heterocycles. The van der Waals surface area contributed by atoms with Gasteiger partial charge in [-0.15, -0.1) is 0 Å². The lowest BCUT2D eigenvalue weighted by molar-refractivity contribution is -0.148. The lowest BCUT2D eigenvalue weighted by Crippen LogP contribution is -2.58. The minimum atomic E-state index is -1.43. The van der Waals surface area contributed by atoms with Crippen molar-refractivity contribution >= 4 is 17.6 Å². The SMILES string of the molecule is CC(C)(C)[C@@](N)(CCc1ccc(-n2c(N)c(C(=O)c3ccc(F)cc3F)ccc2=O)cc1)C(=O)O. The maximum absolute atomic E-state index is 14.1. The normalized spacial score (nSPS) is 13.3. The lowest BCUT2D eigenvalue weighted by atomic mass is 9.71. The number of ketones is 1. The van der Waals surface area contributed by atoms with Crippen LogP contribution in [0.4, 0.5) is 14.6 Å². The summed E-state index contributed by atoms with van der Waals surface area (Å²) in [5.74, 6) is -3.93. The molecule has 0 spiro atoms. The van der Waals surface area contributed by atoms with Gasteiger partial charge in [0.25, 0.3) is 5.56 Å². The molecule has 5 N–H and O–H groups in total. The van der Waals surface area contributed by atoms with E-state index in [9.17, 15) is 28.3 Å². The summed E-state index contributed by atoms with van der Waals surface area (Å²) in [6.07, 6.45) is 0.577. The number of rotatable bonds is 7. The topological polar surface area (TPSA) is 128 Å². The maximum Gasteiger partial charge on any atom is 0.324 e. The highest BCUT2D eigenvalue weighted by molar-refractivity contribution is 6.11. The van der Waals surface area contributed by atoms with Crippen LogP contribution in [0.3, 0.4) is 0 Å². The first-order chi connectivity index (χ1) is 16.3. The Morgan fingerprint density at radius 2 is 1.57 bits per heavy atom. The van der Waals surface area contributed by atoms with Crippen LogP contribution in [0.15, 0.2) is 59.4 Å². The van der Waals surface area contributed by atoms with Gasteiger partial charge in [-0.3, -0.25) is 19.0 Å². The minimum Gasteiger partial charge on any atom is -0.480 e. The molecule has 2 aromatic carbocycles. The highest BCUT2D eigenvalue weighted by Crippen LogP contribution is 2.32. The number of halogens is 2. The van der Waals surface area contributed by atoms with Crippen LogP contribution in [0.1, 0.15) is 48.7 Å². The largest absolute Gasteiger partial charge is 0.480 e. The Morgan fingerprint density at radius 3 is 2.11 bits per heavy atom. The summed E-state index contributed by atoms with van der Waals surface area (Å²) in [5.41, 5.74) is 10.4. The summed E-state index contributed by atoms with van der Waals surface area (Å²) in [7, 11) is 0. The molecular formula is C26H27F2N3O4. The number of carboxylic acid groups (broad SMARTS) is 1. The molecule has 9 heteroatoms. The second-order valence-corrected chi connectivity index (χ2v) is 9.45. The molecule has 0 fully saturated rings. The Hall–Kier alpha value is -3.85. The molecular weight excluding hydrogens is 456 g/mol. The predicted molar refractivity (Wildman–Crippen MR) is 129 cm³/mol. The van der Waals surface area contributed by atoms with Crippen molar-refractivity contribution in [1.82, 2.24) is 4.57 Å². The number of nitrogens with zero attached hydrogens (tertiary/aromatic N) is 1. The van der Waals surface area contributed by atoms with Gasteiger partial charge in [0.1, 0.15) is 23.0 Å². The fraction of sp³-hybridized carbons (Fsp3) is 0.269. The number of benzene rings is 2. The molecule has 0 radical (unpaired) electrons. The Kier molecular flexibility index (Phi) is 6.94. The third kappa shape index (κ3) is 5.00. The van der Waals surface area contributed by atoms with E-state index >= 15 is 0 Å². The van der Waals surface area contributed by atoms with Gasteiger partial charge < -0.3 is 16.6 Å². The van der Waals surface area contributed by atoms with Crippen LogP contribution >= 0.6 is 0 Å². The van der Waals surface area contributed by atoms with Gasteiger partial charge in [-0.05, 0) is 54.2 Å². The number of carbonyl (C=O) groups excluding carboxylic acids is 1. The van der Waals surface area contributed by atoms with Crippen molar-refractivity contribution in [3.8, 4) is 5.69 Å². The number of pyridine rings is 1. The van der Waals surface area contributed by atoms with E-state index < -0.39 is 39.9 Å². The standard InChI is InChI=1S/C26H27F2N3O4/c1-25(2,3)26(30,24(34)35)13-12-15-4-7-17(8-5-15)31-21(32)11-10-19(23(31)29)22(33)18-9-6-16(27)14-20(18)28/h4-11,14H,12-13,29-30H2,1-3H3,(H,34,35)/t26-/m1/s1. The highest BCUT2D eigenvalue weighted by Gasteiger charge is 2.44. The molecule has 0 aliphatic rings. The van der Waals surface area contributed by atoms with Gasteiger partial charge in [0.05, 0.1) is 16.8 Å². The molecule has 35 heavy (non-hydrogen) atoms. The Bertz CT molecular complexity index is 1340. The van der Waals surface area contributed by atoms with Gasteiger partial charge in [-0.25, -0.2) is 8.78 Å². The average molecular weight is 484 g/mol. The molecule has 0 aliphatic heterocycles. The first-order valence-corrected chi connectivity index (χ1v) is 10.9. The zero-order valence-electron chi connectivity index (χ0n) is 19.6. The molecule has 0 saturated heterocycles. The van der Waals surface area contributed by atoms with E-state index in [4.69, 9.17) is 11.5 Å². The maximum atomic E-state index is 14.1. The van der Waals surface area contributed by atoms with Crippen molar-refractivity contribution in [2.45, 2.75) is 39.2 Å². The van der Waals surface area contributed by atoms with Crippen molar-refractivity contribution in [3.05, 3.63) is 93.3 Å². The van der Waals surface area contributed by atoms with Gasteiger partial charge in [-0.2, -0.15) is 0 Å². The van der Waals surface area contributed by atoms with Gasteiger partial charge in [0.15, 0.2) is 5.78 Å². The van der Waals surface area contributed by atoms with E-state index in [0.717, 1.165) is 28.3 Å². The summed E-state index contributed by atoms with van der Waals surface area (Å²) in [5, 5.41) is 9.64. The third-order valence-corrected chi connectivity index (χ3v) is 6.27. The van der Waals surface area contributed by atoms with Crippen molar-refractivity contribution in [3.63, 3.8) is 0 Å². The number of hydrogen-bond donors (Lipinski definition) is 3. The summed E-state index contributed by atoms with van der Waals surface area (Å²) >= 11 is 0. The number of aryl methyl sites for hydroxylation is 1. The fourth-order valence-corrected chi connectivity index (χ4v) is 3.79. The second-order valence-electron chi connectivity index (χ2n) is 9.45. The number of carbonyl (C=O) groups is 2. The Morgan fingerprint density at radius 1 is 0.971 bits per heavy atom. The number of aliphatic carboxylic acids is 1. The quantitative estimate of drug-likeness (QED) is 0.440. The highest BCUT2D eigenvalue weighted by atomic mass is 19.1. The number of aromatic nitrogens is 1. The Balaban J connectivity index is 1.92.